The molecule has 1 amide bonds. The predicted octanol–water partition coefficient (Wildman–Crippen LogP) is 3.06. The van der Waals surface area contributed by atoms with Crippen LogP contribution in [-0.4, -0.2) is 53.5 Å². The molecule has 0 spiro atoms. The summed E-state index contributed by atoms with van der Waals surface area (Å²) in [5.74, 6) is -1.44. The van der Waals surface area contributed by atoms with Gasteiger partial charge < -0.3 is 19.5 Å². The Morgan fingerprint density at radius 1 is 1.19 bits per heavy atom. The summed E-state index contributed by atoms with van der Waals surface area (Å²) < 4.78 is 10.4. The summed E-state index contributed by atoms with van der Waals surface area (Å²) in [6.45, 7) is 2.55. The van der Waals surface area contributed by atoms with Crippen molar-refractivity contribution < 1.29 is 29.1 Å². The maximum absolute atomic E-state index is 12.9. The minimum absolute atomic E-state index is 0.0779. The number of methoxy groups -OCH3 is 1. The summed E-state index contributed by atoms with van der Waals surface area (Å²) in [6.07, 6.45) is 0. The number of nitrogens with zero attached hydrogens (tertiary/aromatic N) is 2. The highest BCUT2D eigenvalue weighted by Crippen LogP contribution is 2.40. The van der Waals surface area contributed by atoms with Crippen LogP contribution in [-0.2, 0) is 14.3 Å². The second-order valence-corrected chi connectivity index (χ2v) is 6.79. The first-order chi connectivity index (χ1) is 14.9. The number of benzene rings is 2. The number of carbonyl (C=O) groups excluding carboxylic acids is 2. The van der Waals surface area contributed by atoms with Gasteiger partial charge in [-0.05, 0) is 36.8 Å². The van der Waals surface area contributed by atoms with E-state index in [1.165, 1.54) is 30.2 Å². The van der Waals surface area contributed by atoms with E-state index in [0.29, 0.717) is 23.5 Å². The van der Waals surface area contributed by atoms with Crippen molar-refractivity contribution in [2.75, 3.05) is 26.9 Å². The average molecular weight is 426 g/mol. The molecule has 0 bridgehead atoms. The van der Waals surface area contributed by atoms with Crippen LogP contribution in [0.3, 0.4) is 0 Å². The fourth-order valence-corrected chi connectivity index (χ4v) is 3.49. The van der Waals surface area contributed by atoms with Gasteiger partial charge in [0, 0.05) is 31.4 Å². The van der Waals surface area contributed by atoms with Crippen LogP contribution < -0.4 is 4.74 Å². The van der Waals surface area contributed by atoms with Crippen LogP contribution >= 0.6 is 0 Å². The maximum atomic E-state index is 12.9. The van der Waals surface area contributed by atoms with E-state index >= 15 is 0 Å². The van der Waals surface area contributed by atoms with Crippen molar-refractivity contribution in [2.45, 2.75) is 13.0 Å². The van der Waals surface area contributed by atoms with Crippen molar-refractivity contribution in [3.63, 3.8) is 0 Å². The number of non-ortho nitro benzene ring substituents is 1. The van der Waals surface area contributed by atoms with E-state index in [2.05, 4.69) is 0 Å². The predicted molar refractivity (Wildman–Crippen MR) is 112 cm³/mol. The number of aliphatic hydroxyl groups excluding tert-OH is 1. The van der Waals surface area contributed by atoms with Crippen LogP contribution in [0.1, 0.15) is 24.1 Å². The number of ether oxygens (including phenoxy) is 2. The van der Waals surface area contributed by atoms with Gasteiger partial charge in [-0.2, -0.15) is 0 Å². The highest BCUT2D eigenvalue weighted by molar-refractivity contribution is 6.46. The van der Waals surface area contributed by atoms with Crippen LogP contribution in [0, 0.1) is 10.1 Å². The summed E-state index contributed by atoms with van der Waals surface area (Å²) in [7, 11) is 1.46. The number of likely N-dealkylation sites (tertiary alicyclic amines) is 1. The van der Waals surface area contributed by atoms with Crippen molar-refractivity contribution in [3.05, 3.63) is 75.3 Å². The number of hydrogen-bond donors (Lipinski definition) is 1. The molecule has 31 heavy (non-hydrogen) atoms. The first kappa shape index (κ1) is 22.0. The van der Waals surface area contributed by atoms with Crippen LogP contribution in [0.15, 0.2) is 54.1 Å². The second-order valence-electron chi connectivity index (χ2n) is 6.79. The molecule has 3 rings (SSSR count). The SMILES string of the molecule is CCOc1ccc(/C(O)=C2\C(=O)C(=O)N(CCOC)[C@@H]2c2cccc([N+](=O)[O-])c2)cc1. The Morgan fingerprint density at radius 2 is 1.90 bits per heavy atom. The normalized spacial score (nSPS) is 17.7. The van der Waals surface area contributed by atoms with Gasteiger partial charge in [0.05, 0.1) is 29.8 Å². The van der Waals surface area contributed by atoms with Crippen molar-refractivity contribution in [3.8, 4) is 5.75 Å². The van der Waals surface area contributed by atoms with Crippen LogP contribution in [0.5, 0.6) is 5.75 Å². The number of hydrogen-bond acceptors (Lipinski definition) is 7. The fraction of sp³-hybridized carbons (Fsp3) is 0.273. The molecule has 1 aliphatic heterocycles. The second kappa shape index (κ2) is 9.40. The van der Waals surface area contributed by atoms with E-state index in [4.69, 9.17) is 9.47 Å². The number of carbonyl (C=O) groups is 2. The molecule has 0 saturated carbocycles. The zero-order chi connectivity index (χ0) is 22.5. The molecule has 1 heterocycles. The monoisotopic (exact) mass is 426 g/mol. The Balaban J connectivity index is 2.13. The highest BCUT2D eigenvalue weighted by Gasteiger charge is 2.46. The largest absolute Gasteiger partial charge is 0.507 e. The van der Waals surface area contributed by atoms with Gasteiger partial charge in [-0.1, -0.05) is 12.1 Å². The summed E-state index contributed by atoms with van der Waals surface area (Å²) in [5.41, 5.74) is 0.349. The molecule has 1 fully saturated rings. The molecule has 1 N–H and O–H groups in total. The zero-order valence-corrected chi connectivity index (χ0v) is 17.1. The molecule has 9 heteroatoms. The van der Waals surface area contributed by atoms with Gasteiger partial charge in [-0.25, -0.2) is 0 Å². The van der Waals surface area contributed by atoms with E-state index in [1.54, 1.807) is 30.3 Å². The molecule has 1 saturated heterocycles. The fourth-order valence-electron chi connectivity index (χ4n) is 3.49. The lowest BCUT2D eigenvalue weighted by atomic mass is 9.95. The summed E-state index contributed by atoms with van der Waals surface area (Å²) in [5, 5.41) is 22.2. The number of nitro benzene ring substituents is 1. The molecule has 2 aromatic carbocycles. The van der Waals surface area contributed by atoms with Gasteiger partial charge in [0.2, 0.25) is 0 Å². The smallest absolute Gasteiger partial charge is 0.295 e. The number of aliphatic hydroxyl groups is 1. The number of Topliss-reactive ketones (excluding diaryl/α,β-unsaturated/α-hetero) is 1. The molecule has 9 nitrogen and oxygen atoms in total. The van der Waals surface area contributed by atoms with E-state index in [0.717, 1.165) is 0 Å². The Kier molecular flexibility index (Phi) is 6.66. The topological polar surface area (TPSA) is 119 Å². The van der Waals surface area contributed by atoms with Gasteiger partial charge in [-0.3, -0.25) is 19.7 Å². The first-order valence-corrected chi connectivity index (χ1v) is 9.64. The van der Waals surface area contributed by atoms with Crippen molar-refractivity contribution in [1.82, 2.24) is 4.90 Å². The third kappa shape index (κ3) is 4.41. The molecule has 1 aliphatic rings. The Hall–Kier alpha value is -3.72. The Labute approximate surface area is 178 Å². The average Bonchev–Trinajstić information content (AvgIpc) is 3.02. The zero-order valence-electron chi connectivity index (χ0n) is 17.1. The van der Waals surface area contributed by atoms with Gasteiger partial charge in [-0.15, -0.1) is 0 Å². The molecule has 1 atom stereocenters. The lowest BCUT2D eigenvalue weighted by Crippen LogP contribution is -2.32. The molecule has 0 aliphatic carbocycles. The number of rotatable bonds is 8. The van der Waals surface area contributed by atoms with Gasteiger partial charge in [0.15, 0.2) is 0 Å². The lowest BCUT2D eigenvalue weighted by molar-refractivity contribution is -0.384. The molecule has 0 unspecified atom stereocenters. The minimum Gasteiger partial charge on any atom is -0.507 e. The third-order valence-corrected chi connectivity index (χ3v) is 4.91. The summed E-state index contributed by atoms with van der Waals surface area (Å²) in [4.78, 5) is 37.5. The third-order valence-electron chi connectivity index (χ3n) is 4.91. The van der Waals surface area contributed by atoms with E-state index in [1.807, 2.05) is 6.92 Å². The standard InChI is InChI=1S/C22H22N2O7/c1-3-31-17-9-7-14(8-10-17)20(25)18-19(15-5-4-6-16(13-15)24(28)29)23(11-12-30-2)22(27)21(18)26/h4-10,13,19,25H,3,11-12H2,1-2H3/b20-18+/t19-/m1/s1. The van der Waals surface area contributed by atoms with Gasteiger partial charge >= 0.3 is 0 Å². The molecular weight excluding hydrogens is 404 g/mol. The lowest BCUT2D eigenvalue weighted by Gasteiger charge is -2.24. The Morgan fingerprint density at radius 3 is 2.52 bits per heavy atom. The number of nitro groups is 1. The van der Waals surface area contributed by atoms with Crippen LogP contribution in [0.4, 0.5) is 5.69 Å². The first-order valence-electron chi connectivity index (χ1n) is 9.64. The highest BCUT2D eigenvalue weighted by atomic mass is 16.6. The van der Waals surface area contributed by atoms with Gasteiger partial charge in [0.1, 0.15) is 11.5 Å². The van der Waals surface area contributed by atoms with Crippen molar-refractivity contribution in [2.24, 2.45) is 0 Å². The quantitative estimate of drug-likeness (QED) is 0.226. The molecule has 162 valence electrons. The van der Waals surface area contributed by atoms with Crippen molar-refractivity contribution in [1.29, 1.82) is 0 Å². The molecule has 0 radical (unpaired) electrons. The van der Waals surface area contributed by atoms with Gasteiger partial charge in [0.25, 0.3) is 17.4 Å². The Bertz CT molecular complexity index is 1030. The summed E-state index contributed by atoms with van der Waals surface area (Å²) in [6, 6.07) is 11.1. The van der Waals surface area contributed by atoms with Crippen LogP contribution in [0.25, 0.3) is 5.76 Å². The number of ketones is 1. The van der Waals surface area contributed by atoms with E-state index < -0.39 is 22.7 Å². The van der Waals surface area contributed by atoms with Crippen LogP contribution in [0.2, 0.25) is 0 Å². The molecule has 0 aromatic heterocycles. The number of amides is 1. The van der Waals surface area contributed by atoms with E-state index in [9.17, 15) is 24.8 Å². The molecule has 2 aromatic rings. The maximum Gasteiger partial charge on any atom is 0.295 e. The summed E-state index contributed by atoms with van der Waals surface area (Å²) >= 11 is 0. The molecular formula is C22H22N2O7. The van der Waals surface area contributed by atoms with Crippen molar-refractivity contribution >= 4 is 23.1 Å². The minimum atomic E-state index is -0.985. The van der Waals surface area contributed by atoms with E-state index in [-0.39, 0.29) is 30.2 Å².